The van der Waals surface area contributed by atoms with E-state index in [0.29, 0.717) is 18.8 Å². The van der Waals surface area contributed by atoms with Gasteiger partial charge in [-0.05, 0) is 43.7 Å². The number of pyridine rings is 1. The summed E-state index contributed by atoms with van der Waals surface area (Å²) < 4.78 is 0. The van der Waals surface area contributed by atoms with Gasteiger partial charge in [0.2, 0.25) is 11.8 Å². The first-order valence-corrected chi connectivity index (χ1v) is 10.1. The van der Waals surface area contributed by atoms with Gasteiger partial charge in [0.25, 0.3) is 0 Å². The number of anilines is 1. The van der Waals surface area contributed by atoms with Crippen molar-refractivity contribution in [1.82, 2.24) is 9.88 Å². The minimum Gasteiger partial charge on any atom is -0.342 e. The SMILES string of the molecule is Cc1cccnc1NC(=O)C1CCCN(C(=O)CCC2CCCCC2)C1. The molecule has 1 saturated heterocycles. The number of carbonyl (C=O) groups excluding carboxylic acids is 2. The number of likely N-dealkylation sites (tertiary alicyclic amines) is 1. The molecule has 142 valence electrons. The highest BCUT2D eigenvalue weighted by atomic mass is 16.2. The topological polar surface area (TPSA) is 62.3 Å². The van der Waals surface area contributed by atoms with Gasteiger partial charge < -0.3 is 10.2 Å². The Morgan fingerprint density at radius 2 is 2.00 bits per heavy atom. The molecule has 2 fully saturated rings. The average Bonchev–Trinajstić information content (AvgIpc) is 2.69. The summed E-state index contributed by atoms with van der Waals surface area (Å²) >= 11 is 0. The Labute approximate surface area is 156 Å². The van der Waals surface area contributed by atoms with E-state index >= 15 is 0 Å². The predicted octanol–water partition coefficient (Wildman–Crippen LogP) is 3.93. The number of hydrogen-bond donors (Lipinski definition) is 1. The molecule has 0 aromatic carbocycles. The van der Waals surface area contributed by atoms with Crippen LogP contribution in [0.15, 0.2) is 18.3 Å². The van der Waals surface area contributed by atoms with Crippen LogP contribution >= 0.6 is 0 Å². The Hall–Kier alpha value is -1.91. The largest absolute Gasteiger partial charge is 0.342 e. The van der Waals surface area contributed by atoms with E-state index in [2.05, 4.69) is 10.3 Å². The quantitative estimate of drug-likeness (QED) is 0.868. The molecule has 1 aromatic heterocycles. The summed E-state index contributed by atoms with van der Waals surface area (Å²) in [6, 6.07) is 3.79. The second-order valence-electron chi connectivity index (χ2n) is 7.88. The van der Waals surface area contributed by atoms with Crippen molar-refractivity contribution in [3.63, 3.8) is 0 Å². The molecule has 0 radical (unpaired) electrons. The Morgan fingerprint density at radius 1 is 1.19 bits per heavy atom. The molecule has 1 aromatic rings. The number of amides is 2. The highest BCUT2D eigenvalue weighted by Crippen LogP contribution is 2.28. The molecule has 5 nitrogen and oxygen atoms in total. The summed E-state index contributed by atoms with van der Waals surface area (Å²) in [4.78, 5) is 31.3. The Morgan fingerprint density at radius 3 is 2.77 bits per heavy atom. The number of rotatable bonds is 5. The third kappa shape index (κ3) is 5.05. The fourth-order valence-corrected chi connectivity index (χ4v) is 4.21. The molecule has 5 heteroatoms. The van der Waals surface area contributed by atoms with Crippen LogP contribution in [-0.4, -0.2) is 34.8 Å². The first kappa shape index (κ1) is 18.9. The summed E-state index contributed by atoms with van der Waals surface area (Å²) in [5.41, 5.74) is 0.956. The average molecular weight is 357 g/mol. The van der Waals surface area contributed by atoms with Crippen LogP contribution in [0.3, 0.4) is 0 Å². The van der Waals surface area contributed by atoms with Gasteiger partial charge in [-0.2, -0.15) is 0 Å². The normalized spacial score (nSPS) is 21.4. The first-order valence-electron chi connectivity index (χ1n) is 10.1. The van der Waals surface area contributed by atoms with Gasteiger partial charge in [0, 0.05) is 25.7 Å². The van der Waals surface area contributed by atoms with Gasteiger partial charge in [-0.25, -0.2) is 4.98 Å². The zero-order valence-corrected chi connectivity index (χ0v) is 15.9. The number of carbonyl (C=O) groups is 2. The number of nitrogens with zero attached hydrogens (tertiary/aromatic N) is 2. The molecule has 0 spiro atoms. The van der Waals surface area contributed by atoms with Crippen LogP contribution in [0.2, 0.25) is 0 Å². The fraction of sp³-hybridized carbons (Fsp3) is 0.667. The van der Waals surface area contributed by atoms with Crippen LogP contribution in [0, 0.1) is 18.8 Å². The number of aromatic nitrogens is 1. The highest BCUT2D eigenvalue weighted by molar-refractivity contribution is 5.92. The van der Waals surface area contributed by atoms with E-state index in [0.717, 1.165) is 37.3 Å². The fourth-order valence-electron chi connectivity index (χ4n) is 4.21. The molecule has 1 aliphatic carbocycles. The lowest BCUT2D eigenvalue weighted by molar-refractivity contribution is -0.134. The maximum absolute atomic E-state index is 12.6. The van der Waals surface area contributed by atoms with E-state index in [4.69, 9.17) is 0 Å². The summed E-state index contributed by atoms with van der Waals surface area (Å²) in [7, 11) is 0. The molecular formula is C21H31N3O2. The second kappa shape index (κ2) is 9.15. The van der Waals surface area contributed by atoms with Crippen LogP contribution in [0.4, 0.5) is 5.82 Å². The Kier molecular flexibility index (Phi) is 6.64. The van der Waals surface area contributed by atoms with E-state index in [1.165, 1.54) is 32.1 Å². The predicted molar refractivity (Wildman–Crippen MR) is 103 cm³/mol. The molecule has 0 bridgehead atoms. The third-order valence-corrected chi connectivity index (χ3v) is 5.89. The van der Waals surface area contributed by atoms with Crippen molar-refractivity contribution >= 4 is 17.6 Å². The van der Waals surface area contributed by atoms with Crippen molar-refractivity contribution in [3.05, 3.63) is 23.9 Å². The first-order chi connectivity index (χ1) is 12.6. The van der Waals surface area contributed by atoms with E-state index in [9.17, 15) is 9.59 Å². The highest BCUT2D eigenvalue weighted by Gasteiger charge is 2.29. The molecule has 3 rings (SSSR count). The minimum atomic E-state index is -0.135. The molecule has 1 atom stereocenters. The lowest BCUT2D eigenvalue weighted by atomic mass is 9.86. The molecule has 1 aliphatic heterocycles. The molecule has 2 amide bonds. The molecule has 1 saturated carbocycles. The summed E-state index contributed by atoms with van der Waals surface area (Å²) in [6.45, 7) is 3.27. The van der Waals surface area contributed by atoms with E-state index < -0.39 is 0 Å². The number of nitrogens with one attached hydrogen (secondary N) is 1. The minimum absolute atomic E-state index is 0.0171. The standard InChI is InChI=1S/C21H31N3O2/c1-16-7-5-13-22-20(16)23-21(26)18-10-6-14-24(15-18)19(25)12-11-17-8-3-2-4-9-17/h5,7,13,17-18H,2-4,6,8-12,14-15H2,1H3,(H,22,23,26). The van der Waals surface area contributed by atoms with Crippen molar-refractivity contribution in [2.75, 3.05) is 18.4 Å². The van der Waals surface area contributed by atoms with E-state index in [1.54, 1.807) is 6.20 Å². The van der Waals surface area contributed by atoms with Crippen LogP contribution in [0.5, 0.6) is 0 Å². The van der Waals surface area contributed by atoms with Crippen molar-refractivity contribution in [2.45, 2.75) is 64.7 Å². The zero-order valence-electron chi connectivity index (χ0n) is 15.9. The number of hydrogen-bond acceptors (Lipinski definition) is 3. The van der Waals surface area contributed by atoms with Gasteiger partial charge in [0.1, 0.15) is 5.82 Å². The molecular weight excluding hydrogens is 326 g/mol. The molecule has 2 heterocycles. The van der Waals surface area contributed by atoms with Crippen molar-refractivity contribution in [2.24, 2.45) is 11.8 Å². The smallest absolute Gasteiger partial charge is 0.230 e. The molecule has 26 heavy (non-hydrogen) atoms. The summed E-state index contributed by atoms with van der Waals surface area (Å²) in [5.74, 6) is 1.42. The maximum Gasteiger partial charge on any atom is 0.230 e. The lowest BCUT2D eigenvalue weighted by Gasteiger charge is -2.32. The van der Waals surface area contributed by atoms with Crippen molar-refractivity contribution < 1.29 is 9.59 Å². The summed E-state index contributed by atoms with van der Waals surface area (Å²) in [5, 5.41) is 2.94. The number of piperidine rings is 1. The molecule has 1 unspecified atom stereocenters. The van der Waals surface area contributed by atoms with Crippen molar-refractivity contribution in [1.29, 1.82) is 0 Å². The van der Waals surface area contributed by atoms with Crippen LogP contribution in [0.1, 0.15) is 63.4 Å². The van der Waals surface area contributed by atoms with Gasteiger partial charge >= 0.3 is 0 Å². The number of aryl methyl sites for hydroxylation is 1. The monoisotopic (exact) mass is 357 g/mol. The lowest BCUT2D eigenvalue weighted by Crippen LogP contribution is -2.44. The van der Waals surface area contributed by atoms with Gasteiger partial charge in [-0.3, -0.25) is 9.59 Å². The van der Waals surface area contributed by atoms with Crippen LogP contribution in [-0.2, 0) is 9.59 Å². The molecule has 1 N–H and O–H groups in total. The summed E-state index contributed by atoms with van der Waals surface area (Å²) in [6.07, 6.45) is 11.6. The van der Waals surface area contributed by atoms with Crippen LogP contribution < -0.4 is 5.32 Å². The van der Waals surface area contributed by atoms with E-state index in [-0.39, 0.29) is 17.7 Å². The second-order valence-corrected chi connectivity index (χ2v) is 7.88. The van der Waals surface area contributed by atoms with Gasteiger partial charge in [0.05, 0.1) is 5.92 Å². The Bertz CT molecular complexity index is 625. The van der Waals surface area contributed by atoms with E-state index in [1.807, 2.05) is 24.0 Å². The Balaban J connectivity index is 1.49. The zero-order chi connectivity index (χ0) is 18.4. The van der Waals surface area contributed by atoms with Crippen molar-refractivity contribution in [3.8, 4) is 0 Å². The third-order valence-electron chi connectivity index (χ3n) is 5.89. The molecule has 2 aliphatic rings. The van der Waals surface area contributed by atoms with Gasteiger partial charge in [0.15, 0.2) is 0 Å². The van der Waals surface area contributed by atoms with Gasteiger partial charge in [-0.1, -0.05) is 38.2 Å². The maximum atomic E-state index is 12.6. The van der Waals surface area contributed by atoms with Gasteiger partial charge in [-0.15, -0.1) is 0 Å². The van der Waals surface area contributed by atoms with Crippen LogP contribution in [0.25, 0.3) is 0 Å².